The molecule has 0 bridgehead atoms. The number of rotatable bonds is 7. The van der Waals surface area contributed by atoms with Crippen LogP contribution in [0.2, 0.25) is 0 Å². The Bertz CT molecular complexity index is 988. The summed E-state index contributed by atoms with van der Waals surface area (Å²) in [7, 11) is -2.28. The SMILES string of the molecule is Cc1ccc(S(=O)(=O)N(C)CC(=O)N[C@H](C)c2ccc(N3CCC[C@H](C)C3)cc2)cc1. The number of likely N-dealkylation sites (N-methyl/N-ethyl adjacent to an activating group) is 1. The van der Waals surface area contributed by atoms with E-state index in [9.17, 15) is 13.2 Å². The van der Waals surface area contributed by atoms with Crippen LogP contribution in [-0.4, -0.2) is 45.3 Å². The fourth-order valence-corrected chi connectivity index (χ4v) is 5.07. The molecule has 1 fully saturated rings. The largest absolute Gasteiger partial charge is 0.371 e. The lowest BCUT2D eigenvalue weighted by Gasteiger charge is -2.33. The third-order valence-electron chi connectivity index (χ3n) is 5.89. The molecule has 1 heterocycles. The normalized spacial score (nSPS) is 18.1. The topological polar surface area (TPSA) is 69.7 Å². The van der Waals surface area contributed by atoms with Crippen LogP contribution >= 0.6 is 0 Å². The van der Waals surface area contributed by atoms with Gasteiger partial charge in [0.15, 0.2) is 0 Å². The molecule has 2 aromatic rings. The van der Waals surface area contributed by atoms with Gasteiger partial charge < -0.3 is 10.2 Å². The molecular weight excluding hydrogens is 410 g/mol. The van der Waals surface area contributed by atoms with Crippen LogP contribution in [0.3, 0.4) is 0 Å². The first-order valence-electron chi connectivity index (χ1n) is 10.8. The van der Waals surface area contributed by atoms with Crippen molar-refractivity contribution >= 4 is 21.6 Å². The van der Waals surface area contributed by atoms with E-state index in [0.717, 1.165) is 28.5 Å². The van der Waals surface area contributed by atoms with E-state index >= 15 is 0 Å². The monoisotopic (exact) mass is 443 g/mol. The van der Waals surface area contributed by atoms with Crippen molar-refractivity contribution in [3.8, 4) is 0 Å². The second-order valence-electron chi connectivity index (χ2n) is 8.65. The summed E-state index contributed by atoms with van der Waals surface area (Å²) >= 11 is 0. The van der Waals surface area contributed by atoms with E-state index in [0.29, 0.717) is 5.92 Å². The van der Waals surface area contributed by atoms with E-state index in [1.54, 1.807) is 24.3 Å². The summed E-state index contributed by atoms with van der Waals surface area (Å²) in [5, 5.41) is 2.91. The Morgan fingerprint density at radius 3 is 2.42 bits per heavy atom. The van der Waals surface area contributed by atoms with Crippen LogP contribution in [0.15, 0.2) is 53.4 Å². The van der Waals surface area contributed by atoms with Gasteiger partial charge in [-0.25, -0.2) is 8.42 Å². The number of piperidine rings is 1. The first-order chi connectivity index (χ1) is 14.7. The number of carbonyl (C=O) groups is 1. The standard InChI is InChI=1S/C24H33N3O3S/c1-18-7-13-23(14-8-18)31(29,30)26(4)17-24(28)25-20(3)21-9-11-22(12-10-21)27-15-5-6-19(2)16-27/h7-14,19-20H,5-6,15-17H2,1-4H3,(H,25,28)/t19-,20+/m0/s1. The number of amides is 1. The summed E-state index contributed by atoms with van der Waals surface area (Å²) in [6, 6.07) is 14.7. The molecule has 3 rings (SSSR count). The van der Waals surface area contributed by atoms with Crippen LogP contribution in [0.4, 0.5) is 5.69 Å². The zero-order chi connectivity index (χ0) is 22.6. The maximum Gasteiger partial charge on any atom is 0.243 e. The quantitative estimate of drug-likeness (QED) is 0.708. The molecular formula is C24H33N3O3S. The molecule has 0 aromatic heterocycles. The molecule has 2 aromatic carbocycles. The first kappa shape index (κ1) is 23.3. The van der Waals surface area contributed by atoms with E-state index < -0.39 is 10.0 Å². The minimum atomic E-state index is -3.71. The van der Waals surface area contributed by atoms with Crippen LogP contribution in [0.25, 0.3) is 0 Å². The Morgan fingerprint density at radius 2 is 1.81 bits per heavy atom. The predicted octanol–water partition coefficient (Wildman–Crippen LogP) is 3.73. The Labute approximate surface area is 186 Å². The molecule has 0 aliphatic carbocycles. The number of aryl methyl sites for hydroxylation is 1. The van der Waals surface area contributed by atoms with Gasteiger partial charge in [0.2, 0.25) is 15.9 Å². The van der Waals surface area contributed by atoms with E-state index in [1.807, 2.05) is 26.0 Å². The summed E-state index contributed by atoms with van der Waals surface area (Å²) in [6.45, 7) is 8.02. The van der Waals surface area contributed by atoms with Crippen molar-refractivity contribution in [3.63, 3.8) is 0 Å². The zero-order valence-corrected chi connectivity index (χ0v) is 19.7. The van der Waals surface area contributed by atoms with Crippen molar-refractivity contribution < 1.29 is 13.2 Å². The molecule has 168 valence electrons. The van der Waals surface area contributed by atoms with E-state index in [1.165, 1.54) is 25.6 Å². The molecule has 31 heavy (non-hydrogen) atoms. The maximum absolute atomic E-state index is 12.7. The number of nitrogens with one attached hydrogen (secondary N) is 1. The summed E-state index contributed by atoms with van der Waals surface area (Å²) in [5.74, 6) is 0.374. The summed E-state index contributed by atoms with van der Waals surface area (Å²) < 4.78 is 26.5. The minimum Gasteiger partial charge on any atom is -0.371 e. The number of benzene rings is 2. The Hall–Kier alpha value is -2.38. The molecule has 6 nitrogen and oxygen atoms in total. The highest BCUT2D eigenvalue weighted by Crippen LogP contribution is 2.24. The minimum absolute atomic E-state index is 0.184. The average Bonchev–Trinajstić information content (AvgIpc) is 2.74. The molecule has 2 atom stereocenters. The summed E-state index contributed by atoms with van der Waals surface area (Å²) in [6.07, 6.45) is 2.50. The lowest BCUT2D eigenvalue weighted by atomic mass is 9.99. The predicted molar refractivity (Wildman–Crippen MR) is 125 cm³/mol. The fraction of sp³-hybridized carbons (Fsp3) is 0.458. The highest BCUT2D eigenvalue weighted by molar-refractivity contribution is 7.89. The molecule has 1 N–H and O–H groups in total. The number of anilines is 1. The lowest BCUT2D eigenvalue weighted by molar-refractivity contribution is -0.121. The van der Waals surface area contributed by atoms with E-state index in [-0.39, 0.29) is 23.4 Å². The Balaban J connectivity index is 1.58. The smallest absolute Gasteiger partial charge is 0.243 e. The van der Waals surface area contributed by atoms with Gasteiger partial charge in [-0.15, -0.1) is 0 Å². The first-order valence-corrected chi connectivity index (χ1v) is 12.3. The number of nitrogens with zero attached hydrogens (tertiary/aromatic N) is 2. The van der Waals surface area contributed by atoms with E-state index in [4.69, 9.17) is 0 Å². The highest BCUT2D eigenvalue weighted by atomic mass is 32.2. The van der Waals surface area contributed by atoms with Gasteiger partial charge in [0.05, 0.1) is 17.5 Å². The fourth-order valence-electron chi connectivity index (χ4n) is 3.95. The van der Waals surface area contributed by atoms with Gasteiger partial charge in [-0.05, 0) is 62.4 Å². The maximum atomic E-state index is 12.7. The van der Waals surface area contributed by atoms with Gasteiger partial charge in [-0.2, -0.15) is 4.31 Å². The Kier molecular flexibility index (Phi) is 7.38. The number of hydrogen-bond acceptors (Lipinski definition) is 4. The molecule has 0 radical (unpaired) electrons. The second-order valence-corrected chi connectivity index (χ2v) is 10.7. The van der Waals surface area contributed by atoms with Crippen molar-refractivity contribution in [2.45, 2.75) is 44.6 Å². The molecule has 1 saturated heterocycles. The molecule has 0 unspecified atom stereocenters. The zero-order valence-electron chi connectivity index (χ0n) is 18.8. The summed E-state index contributed by atoms with van der Waals surface area (Å²) in [4.78, 5) is 15.1. The lowest BCUT2D eigenvalue weighted by Crippen LogP contribution is -2.39. The number of sulfonamides is 1. The van der Waals surface area contributed by atoms with Gasteiger partial charge in [0, 0.05) is 25.8 Å². The summed E-state index contributed by atoms with van der Waals surface area (Å²) in [5.41, 5.74) is 3.18. The van der Waals surface area contributed by atoms with Crippen LogP contribution in [0, 0.1) is 12.8 Å². The van der Waals surface area contributed by atoms with Crippen LogP contribution in [0.1, 0.15) is 43.9 Å². The van der Waals surface area contributed by atoms with Crippen molar-refractivity contribution in [3.05, 3.63) is 59.7 Å². The second kappa shape index (κ2) is 9.83. The number of hydrogen-bond donors (Lipinski definition) is 1. The molecule has 1 aliphatic heterocycles. The molecule has 1 aliphatic rings. The Morgan fingerprint density at radius 1 is 1.16 bits per heavy atom. The van der Waals surface area contributed by atoms with Gasteiger partial charge in [0.25, 0.3) is 0 Å². The molecule has 1 amide bonds. The van der Waals surface area contributed by atoms with Crippen LogP contribution in [-0.2, 0) is 14.8 Å². The van der Waals surface area contributed by atoms with Crippen molar-refractivity contribution in [1.82, 2.24) is 9.62 Å². The molecule has 7 heteroatoms. The van der Waals surface area contributed by atoms with Gasteiger partial charge in [0.1, 0.15) is 0 Å². The third-order valence-corrected chi connectivity index (χ3v) is 7.71. The van der Waals surface area contributed by atoms with E-state index in [2.05, 4.69) is 29.3 Å². The van der Waals surface area contributed by atoms with Crippen molar-refractivity contribution in [1.29, 1.82) is 0 Å². The molecule has 0 saturated carbocycles. The van der Waals surface area contributed by atoms with Crippen LogP contribution < -0.4 is 10.2 Å². The van der Waals surface area contributed by atoms with Crippen molar-refractivity contribution in [2.24, 2.45) is 5.92 Å². The third kappa shape index (κ3) is 5.86. The van der Waals surface area contributed by atoms with Crippen LogP contribution in [0.5, 0.6) is 0 Å². The van der Waals surface area contributed by atoms with Crippen molar-refractivity contribution in [2.75, 3.05) is 31.6 Å². The highest BCUT2D eigenvalue weighted by Gasteiger charge is 2.23. The van der Waals surface area contributed by atoms with Gasteiger partial charge in [-0.3, -0.25) is 4.79 Å². The van der Waals surface area contributed by atoms with Gasteiger partial charge >= 0.3 is 0 Å². The average molecular weight is 444 g/mol. The van der Waals surface area contributed by atoms with Gasteiger partial charge in [-0.1, -0.05) is 36.8 Å². The molecule has 0 spiro atoms. The number of carbonyl (C=O) groups excluding carboxylic acids is 1.